The lowest BCUT2D eigenvalue weighted by Crippen LogP contribution is -2.40. The van der Waals surface area contributed by atoms with Gasteiger partial charge in [0.15, 0.2) is 5.82 Å². The summed E-state index contributed by atoms with van der Waals surface area (Å²) >= 11 is 5.66. The van der Waals surface area contributed by atoms with E-state index in [0.717, 1.165) is 12.1 Å². The van der Waals surface area contributed by atoms with E-state index in [2.05, 4.69) is 4.72 Å². The first-order valence-corrected chi connectivity index (χ1v) is 6.67. The van der Waals surface area contributed by atoms with Gasteiger partial charge in [-0.1, -0.05) is 11.6 Å². The van der Waals surface area contributed by atoms with Gasteiger partial charge in [0, 0.05) is 10.6 Å². The standard InChI is InChI=1S/C10H14ClFN2O2S/c1-10(2,3)14-17(15,16)8-5-6(11)4-7(13)9(8)12/h4-5,14H,13H2,1-3H3. The third kappa shape index (κ3) is 3.55. The fourth-order valence-corrected chi connectivity index (χ4v) is 3.08. The summed E-state index contributed by atoms with van der Waals surface area (Å²) < 4.78 is 39.8. The van der Waals surface area contributed by atoms with E-state index >= 15 is 0 Å². The molecule has 0 atom stereocenters. The van der Waals surface area contributed by atoms with Crippen LogP contribution in [0, 0.1) is 5.82 Å². The predicted molar refractivity (Wildman–Crippen MR) is 65.9 cm³/mol. The second-order valence-corrected chi connectivity index (χ2v) is 6.75. The number of rotatable bonds is 2. The molecule has 0 heterocycles. The lowest BCUT2D eigenvalue weighted by Gasteiger charge is -2.20. The van der Waals surface area contributed by atoms with Crippen LogP contribution in [0.4, 0.5) is 10.1 Å². The Hall–Kier alpha value is -0.850. The highest BCUT2D eigenvalue weighted by Gasteiger charge is 2.26. The molecule has 0 aromatic heterocycles. The van der Waals surface area contributed by atoms with Gasteiger partial charge in [-0.2, -0.15) is 0 Å². The zero-order valence-electron chi connectivity index (χ0n) is 9.71. The van der Waals surface area contributed by atoms with Gasteiger partial charge in [-0.15, -0.1) is 0 Å². The van der Waals surface area contributed by atoms with Crippen LogP contribution >= 0.6 is 11.6 Å². The summed E-state index contributed by atoms with van der Waals surface area (Å²) in [6, 6.07) is 2.19. The lowest BCUT2D eigenvalue weighted by molar-refractivity contribution is 0.486. The van der Waals surface area contributed by atoms with Gasteiger partial charge in [0.2, 0.25) is 10.0 Å². The lowest BCUT2D eigenvalue weighted by atomic mass is 10.1. The molecule has 1 aromatic carbocycles. The van der Waals surface area contributed by atoms with Crippen LogP contribution in [0.1, 0.15) is 20.8 Å². The van der Waals surface area contributed by atoms with Gasteiger partial charge in [0.25, 0.3) is 0 Å². The van der Waals surface area contributed by atoms with Gasteiger partial charge in [-0.05, 0) is 32.9 Å². The molecule has 4 nitrogen and oxygen atoms in total. The quantitative estimate of drug-likeness (QED) is 0.815. The predicted octanol–water partition coefficient (Wildman–Crippen LogP) is 2.14. The van der Waals surface area contributed by atoms with E-state index in [4.69, 9.17) is 17.3 Å². The summed E-state index contributed by atoms with van der Waals surface area (Å²) in [4.78, 5) is -0.544. The minimum Gasteiger partial charge on any atom is -0.396 e. The number of sulfonamides is 1. The number of nitrogens with two attached hydrogens (primary N) is 1. The van der Waals surface area contributed by atoms with Crippen molar-refractivity contribution < 1.29 is 12.8 Å². The Morgan fingerprint density at radius 1 is 1.35 bits per heavy atom. The van der Waals surface area contributed by atoms with Crippen molar-refractivity contribution in [3.05, 3.63) is 23.0 Å². The molecule has 7 heteroatoms. The molecule has 0 saturated carbocycles. The zero-order valence-corrected chi connectivity index (χ0v) is 11.3. The van der Waals surface area contributed by atoms with Crippen LogP contribution in [0.15, 0.2) is 17.0 Å². The first kappa shape index (κ1) is 14.2. The van der Waals surface area contributed by atoms with Crippen molar-refractivity contribution in [2.75, 3.05) is 5.73 Å². The van der Waals surface area contributed by atoms with E-state index in [0.29, 0.717) is 0 Å². The highest BCUT2D eigenvalue weighted by molar-refractivity contribution is 7.89. The van der Waals surface area contributed by atoms with Crippen molar-refractivity contribution in [2.45, 2.75) is 31.2 Å². The maximum Gasteiger partial charge on any atom is 0.244 e. The minimum atomic E-state index is -3.98. The van der Waals surface area contributed by atoms with Crippen LogP contribution in [-0.2, 0) is 10.0 Å². The molecule has 3 N–H and O–H groups in total. The first-order chi connectivity index (χ1) is 7.53. The number of anilines is 1. The van der Waals surface area contributed by atoms with Gasteiger partial charge in [-0.3, -0.25) is 0 Å². The van der Waals surface area contributed by atoms with Crippen molar-refractivity contribution in [2.24, 2.45) is 0 Å². The van der Waals surface area contributed by atoms with Crippen LogP contribution in [-0.4, -0.2) is 14.0 Å². The molecule has 0 saturated heterocycles. The molecule has 96 valence electrons. The van der Waals surface area contributed by atoms with Crippen LogP contribution in [0.3, 0.4) is 0 Å². The van der Waals surface area contributed by atoms with Crippen molar-refractivity contribution in [1.29, 1.82) is 0 Å². The van der Waals surface area contributed by atoms with Gasteiger partial charge in [-0.25, -0.2) is 17.5 Å². The van der Waals surface area contributed by atoms with Crippen LogP contribution in [0.5, 0.6) is 0 Å². The third-order valence-electron chi connectivity index (χ3n) is 1.76. The van der Waals surface area contributed by atoms with Gasteiger partial charge in [0.05, 0.1) is 5.69 Å². The van der Waals surface area contributed by atoms with Crippen LogP contribution < -0.4 is 10.5 Å². The highest BCUT2D eigenvalue weighted by atomic mass is 35.5. The molecule has 0 amide bonds. The number of hydrogen-bond acceptors (Lipinski definition) is 3. The summed E-state index contributed by atoms with van der Waals surface area (Å²) in [7, 11) is -3.98. The number of halogens is 2. The van der Waals surface area contributed by atoms with Crippen molar-refractivity contribution in [3.8, 4) is 0 Å². The molecule has 1 aromatic rings. The monoisotopic (exact) mass is 280 g/mol. The normalized spacial score (nSPS) is 12.8. The zero-order chi connectivity index (χ0) is 13.4. The highest BCUT2D eigenvalue weighted by Crippen LogP contribution is 2.25. The largest absolute Gasteiger partial charge is 0.396 e. The van der Waals surface area contributed by atoms with Gasteiger partial charge < -0.3 is 5.73 Å². The number of hydrogen-bond donors (Lipinski definition) is 2. The smallest absolute Gasteiger partial charge is 0.244 e. The Balaban J connectivity index is 3.34. The minimum absolute atomic E-state index is 0.0678. The second-order valence-electron chi connectivity index (χ2n) is 4.66. The molecular weight excluding hydrogens is 267 g/mol. The molecular formula is C10H14ClFN2O2S. The Morgan fingerprint density at radius 3 is 2.35 bits per heavy atom. The average Bonchev–Trinajstić information content (AvgIpc) is 2.06. The molecule has 1 rings (SSSR count). The fourth-order valence-electron chi connectivity index (χ4n) is 1.24. The summed E-state index contributed by atoms with van der Waals surface area (Å²) in [5, 5.41) is 0.0678. The maximum atomic E-state index is 13.6. The molecule has 0 spiro atoms. The Kier molecular flexibility index (Phi) is 3.71. The Labute approximate surface area is 105 Å². The topological polar surface area (TPSA) is 72.2 Å². The average molecular weight is 281 g/mol. The molecule has 17 heavy (non-hydrogen) atoms. The van der Waals surface area contributed by atoms with E-state index in [1.165, 1.54) is 0 Å². The molecule has 0 aliphatic carbocycles. The first-order valence-electron chi connectivity index (χ1n) is 4.81. The third-order valence-corrected chi connectivity index (χ3v) is 3.74. The second kappa shape index (κ2) is 4.44. The van der Waals surface area contributed by atoms with E-state index in [-0.39, 0.29) is 10.7 Å². The van der Waals surface area contributed by atoms with Gasteiger partial charge >= 0.3 is 0 Å². The van der Waals surface area contributed by atoms with E-state index < -0.39 is 26.3 Å². The number of nitrogen functional groups attached to an aromatic ring is 1. The summed E-state index contributed by atoms with van der Waals surface area (Å²) in [6.45, 7) is 4.95. The molecule has 0 aliphatic heterocycles. The van der Waals surface area contributed by atoms with Crippen LogP contribution in [0.25, 0.3) is 0 Å². The molecule has 0 aliphatic rings. The van der Waals surface area contributed by atoms with Crippen molar-refractivity contribution in [3.63, 3.8) is 0 Å². The molecule has 0 fully saturated rings. The molecule has 0 bridgehead atoms. The SMILES string of the molecule is CC(C)(C)NS(=O)(=O)c1cc(Cl)cc(N)c1F. The van der Waals surface area contributed by atoms with E-state index in [1.54, 1.807) is 20.8 Å². The van der Waals surface area contributed by atoms with E-state index in [1.807, 2.05) is 0 Å². The Bertz CT molecular complexity index is 538. The fraction of sp³-hybridized carbons (Fsp3) is 0.400. The van der Waals surface area contributed by atoms with Crippen molar-refractivity contribution >= 4 is 27.3 Å². The number of nitrogens with one attached hydrogen (secondary N) is 1. The summed E-state index contributed by atoms with van der Waals surface area (Å²) in [5.74, 6) is -0.994. The van der Waals surface area contributed by atoms with Gasteiger partial charge in [0.1, 0.15) is 4.90 Å². The summed E-state index contributed by atoms with van der Waals surface area (Å²) in [5.41, 5.74) is 4.31. The van der Waals surface area contributed by atoms with Crippen molar-refractivity contribution in [1.82, 2.24) is 4.72 Å². The molecule has 0 unspecified atom stereocenters. The van der Waals surface area contributed by atoms with E-state index in [9.17, 15) is 12.8 Å². The Morgan fingerprint density at radius 2 is 1.88 bits per heavy atom. The van der Waals surface area contributed by atoms with Crippen LogP contribution in [0.2, 0.25) is 5.02 Å². The molecule has 0 radical (unpaired) electrons. The maximum absolute atomic E-state index is 13.6. The summed E-state index contributed by atoms with van der Waals surface area (Å²) in [6.07, 6.45) is 0. The number of benzene rings is 1.